The average Bonchev–Trinajstić information content (AvgIpc) is 2.78. The summed E-state index contributed by atoms with van der Waals surface area (Å²) < 4.78 is 0. The van der Waals surface area contributed by atoms with Crippen LogP contribution >= 0.6 is 12.6 Å². The van der Waals surface area contributed by atoms with Crippen molar-refractivity contribution in [1.29, 1.82) is 0 Å². The van der Waals surface area contributed by atoms with E-state index in [0.717, 1.165) is 5.56 Å². The Morgan fingerprint density at radius 2 is 1.58 bits per heavy atom. The minimum absolute atomic E-state index is 0.117. The van der Waals surface area contributed by atoms with Crippen LogP contribution in [0.1, 0.15) is 18.4 Å². The van der Waals surface area contributed by atoms with Crippen molar-refractivity contribution in [3.05, 3.63) is 35.9 Å². The zero-order chi connectivity index (χ0) is 24.8. The van der Waals surface area contributed by atoms with Gasteiger partial charge in [-0.1, -0.05) is 30.3 Å². The highest BCUT2D eigenvalue weighted by molar-refractivity contribution is 7.80. The molecule has 10 N–H and O–H groups in total. The molecule has 12 nitrogen and oxygen atoms in total. The molecular weight excluding hydrogens is 450 g/mol. The molecular formula is C20H31N7O5S. The molecule has 3 atom stereocenters. The van der Waals surface area contributed by atoms with E-state index in [-0.39, 0.29) is 37.6 Å². The van der Waals surface area contributed by atoms with Crippen LogP contribution in [0, 0.1) is 0 Å². The number of guanidine groups is 1. The van der Waals surface area contributed by atoms with Crippen molar-refractivity contribution in [2.24, 2.45) is 22.2 Å². The summed E-state index contributed by atoms with van der Waals surface area (Å²) in [4.78, 5) is 52.7. The number of rotatable bonds is 14. The van der Waals surface area contributed by atoms with E-state index in [1.807, 2.05) is 6.07 Å². The van der Waals surface area contributed by atoms with Crippen molar-refractivity contribution in [3.8, 4) is 0 Å². The van der Waals surface area contributed by atoms with Gasteiger partial charge in [0.05, 0.1) is 6.54 Å². The summed E-state index contributed by atoms with van der Waals surface area (Å²) in [6.07, 6.45) is 0.610. The monoisotopic (exact) mass is 481 g/mol. The Kier molecular flexibility index (Phi) is 12.3. The molecule has 0 aliphatic carbocycles. The number of hydrogen-bond donors (Lipinski definition) is 8. The standard InChI is InChI=1S/C20H31N7O5S/c21-10-16(28)25-14(9-12-5-2-1-3-6-12)18(30)26-13(7-4-8-24-20(22)23)17(29)27-15(11-33)19(31)32/h1-3,5-6,13-15,33H,4,7-11,21H2,(H,25,28)(H,26,30)(H,27,29)(H,31,32)(H4,22,23,24). The highest BCUT2D eigenvalue weighted by Crippen LogP contribution is 2.06. The van der Waals surface area contributed by atoms with Gasteiger partial charge in [0.15, 0.2) is 5.96 Å². The molecule has 182 valence electrons. The number of nitrogens with one attached hydrogen (secondary N) is 3. The molecule has 1 aromatic rings. The Bertz CT molecular complexity index is 833. The fourth-order valence-corrected chi connectivity index (χ4v) is 3.06. The van der Waals surface area contributed by atoms with Crippen LogP contribution in [0.2, 0.25) is 0 Å². The van der Waals surface area contributed by atoms with Crippen molar-refractivity contribution < 1.29 is 24.3 Å². The van der Waals surface area contributed by atoms with Crippen LogP contribution in [0.3, 0.4) is 0 Å². The van der Waals surface area contributed by atoms with Gasteiger partial charge < -0.3 is 38.3 Å². The van der Waals surface area contributed by atoms with Crippen molar-refractivity contribution >= 4 is 42.3 Å². The lowest BCUT2D eigenvalue weighted by molar-refractivity contribution is -0.141. The fraction of sp³-hybridized carbons (Fsp3) is 0.450. The lowest BCUT2D eigenvalue weighted by Gasteiger charge is -2.24. The molecule has 0 saturated carbocycles. The zero-order valence-electron chi connectivity index (χ0n) is 18.1. The molecule has 0 aromatic heterocycles. The number of carbonyl (C=O) groups excluding carboxylic acids is 3. The zero-order valence-corrected chi connectivity index (χ0v) is 19.0. The summed E-state index contributed by atoms with van der Waals surface area (Å²) in [7, 11) is 0. The van der Waals surface area contributed by atoms with Gasteiger partial charge >= 0.3 is 5.97 Å². The van der Waals surface area contributed by atoms with E-state index in [4.69, 9.17) is 17.2 Å². The Hall–Kier alpha value is -3.32. The molecule has 1 aromatic carbocycles. The smallest absolute Gasteiger partial charge is 0.327 e. The first-order valence-electron chi connectivity index (χ1n) is 10.2. The predicted molar refractivity (Wildman–Crippen MR) is 126 cm³/mol. The summed E-state index contributed by atoms with van der Waals surface area (Å²) in [5.74, 6) is -3.40. The molecule has 0 aliphatic heterocycles. The Morgan fingerprint density at radius 1 is 0.970 bits per heavy atom. The molecule has 3 unspecified atom stereocenters. The van der Waals surface area contributed by atoms with Crippen LogP contribution < -0.4 is 33.2 Å². The Balaban J connectivity index is 3.00. The Labute approximate surface area is 197 Å². The van der Waals surface area contributed by atoms with Gasteiger partial charge in [0, 0.05) is 18.7 Å². The second-order valence-electron chi connectivity index (χ2n) is 7.11. The Morgan fingerprint density at radius 3 is 2.12 bits per heavy atom. The third-order valence-corrected chi connectivity index (χ3v) is 4.86. The lowest BCUT2D eigenvalue weighted by atomic mass is 10.0. The second-order valence-corrected chi connectivity index (χ2v) is 7.47. The first-order chi connectivity index (χ1) is 15.7. The molecule has 0 fully saturated rings. The van der Waals surface area contributed by atoms with E-state index in [1.54, 1.807) is 24.3 Å². The molecule has 0 heterocycles. The topological polar surface area (TPSA) is 215 Å². The number of carbonyl (C=O) groups is 4. The summed E-state index contributed by atoms with van der Waals surface area (Å²) >= 11 is 3.92. The molecule has 0 radical (unpaired) electrons. The molecule has 13 heteroatoms. The van der Waals surface area contributed by atoms with Crippen LogP contribution in [0.25, 0.3) is 0 Å². The van der Waals surface area contributed by atoms with Crippen LogP contribution in [0.5, 0.6) is 0 Å². The van der Waals surface area contributed by atoms with Crippen molar-refractivity contribution in [2.45, 2.75) is 37.4 Å². The number of benzene rings is 1. The third-order valence-electron chi connectivity index (χ3n) is 4.50. The number of nitrogens with zero attached hydrogens (tertiary/aromatic N) is 1. The first kappa shape index (κ1) is 27.7. The minimum Gasteiger partial charge on any atom is -0.480 e. The van der Waals surface area contributed by atoms with Gasteiger partial charge in [-0.05, 0) is 18.4 Å². The normalized spacial score (nSPS) is 13.2. The number of amides is 3. The van der Waals surface area contributed by atoms with Gasteiger partial charge in [0.1, 0.15) is 18.1 Å². The molecule has 0 aliphatic rings. The number of aliphatic imine (C=N–C) groups is 1. The van der Waals surface area contributed by atoms with Gasteiger partial charge in [0.25, 0.3) is 0 Å². The van der Waals surface area contributed by atoms with Crippen molar-refractivity contribution in [2.75, 3.05) is 18.8 Å². The van der Waals surface area contributed by atoms with E-state index < -0.39 is 41.8 Å². The first-order valence-corrected chi connectivity index (χ1v) is 10.8. The number of aliphatic carboxylic acids is 1. The summed E-state index contributed by atoms with van der Waals surface area (Å²) in [5.41, 5.74) is 16.7. The average molecular weight is 482 g/mol. The van der Waals surface area contributed by atoms with Crippen LogP contribution in [0.15, 0.2) is 35.3 Å². The van der Waals surface area contributed by atoms with Crippen LogP contribution in [0.4, 0.5) is 0 Å². The maximum atomic E-state index is 13.0. The number of hydrogen-bond acceptors (Lipinski definition) is 7. The van der Waals surface area contributed by atoms with E-state index in [2.05, 4.69) is 33.6 Å². The van der Waals surface area contributed by atoms with E-state index in [9.17, 15) is 24.3 Å². The maximum absolute atomic E-state index is 13.0. The van der Waals surface area contributed by atoms with Gasteiger partial charge in [0.2, 0.25) is 17.7 Å². The highest BCUT2D eigenvalue weighted by atomic mass is 32.1. The fourth-order valence-electron chi connectivity index (χ4n) is 2.81. The molecule has 1 rings (SSSR count). The minimum atomic E-state index is -1.26. The molecule has 0 bridgehead atoms. The SMILES string of the molecule is NCC(=O)NC(Cc1ccccc1)C(=O)NC(CCCN=C(N)N)C(=O)NC(CS)C(=O)O. The summed E-state index contributed by atoms with van der Waals surface area (Å²) in [5, 5.41) is 16.7. The van der Waals surface area contributed by atoms with Gasteiger partial charge in [-0.25, -0.2) is 4.79 Å². The summed E-state index contributed by atoms with van der Waals surface area (Å²) in [6, 6.07) is 5.63. The van der Waals surface area contributed by atoms with E-state index in [1.165, 1.54) is 0 Å². The predicted octanol–water partition coefficient (Wildman–Crippen LogP) is -2.29. The maximum Gasteiger partial charge on any atom is 0.327 e. The van der Waals surface area contributed by atoms with Gasteiger partial charge in [-0.15, -0.1) is 0 Å². The molecule has 0 spiro atoms. The van der Waals surface area contributed by atoms with Crippen LogP contribution in [-0.4, -0.2) is 71.7 Å². The quantitative estimate of drug-likeness (QED) is 0.0624. The van der Waals surface area contributed by atoms with Crippen LogP contribution in [-0.2, 0) is 25.6 Å². The number of thiol groups is 1. The number of carboxylic acids is 1. The molecule has 3 amide bonds. The van der Waals surface area contributed by atoms with E-state index in [0.29, 0.717) is 6.42 Å². The summed E-state index contributed by atoms with van der Waals surface area (Å²) in [6.45, 7) is -0.114. The second kappa shape index (κ2) is 14.7. The third kappa shape index (κ3) is 10.7. The largest absolute Gasteiger partial charge is 0.480 e. The molecule has 33 heavy (non-hydrogen) atoms. The van der Waals surface area contributed by atoms with Gasteiger partial charge in [-0.2, -0.15) is 12.6 Å². The highest BCUT2D eigenvalue weighted by Gasteiger charge is 2.29. The lowest BCUT2D eigenvalue weighted by Crippen LogP contribution is -2.57. The number of carboxylic acid groups (broad SMARTS) is 1. The van der Waals surface area contributed by atoms with Gasteiger partial charge in [-0.3, -0.25) is 19.4 Å². The molecule has 0 saturated heterocycles. The van der Waals surface area contributed by atoms with E-state index >= 15 is 0 Å². The van der Waals surface area contributed by atoms with Crippen molar-refractivity contribution in [3.63, 3.8) is 0 Å². The van der Waals surface area contributed by atoms with Crippen molar-refractivity contribution in [1.82, 2.24) is 16.0 Å². The number of nitrogens with two attached hydrogens (primary N) is 3.